The van der Waals surface area contributed by atoms with E-state index in [0.29, 0.717) is 17.5 Å². The van der Waals surface area contributed by atoms with Crippen LogP contribution in [0.15, 0.2) is 96.1 Å². The molecule has 0 aliphatic rings. The Labute approximate surface area is 159 Å². The minimum Gasteiger partial charge on any atom is -0.372 e. The van der Waals surface area contributed by atoms with Crippen molar-refractivity contribution in [3.05, 3.63) is 108 Å². The summed E-state index contributed by atoms with van der Waals surface area (Å²) in [6.45, 7) is 0. The van der Waals surface area contributed by atoms with Crippen LogP contribution in [0.2, 0.25) is 0 Å². The third-order valence-corrected chi connectivity index (χ3v) is 4.37. The molecule has 0 fully saturated rings. The second-order valence-corrected chi connectivity index (χ2v) is 6.22. The van der Waals surface area contributed by atoms with Crippen molar-refractivity contribution in [2.24, 2.45) is 5.10 Å². The second kappa shape index (κ2) is 8.92. The SMILES string of the molecule is O=C(N/N=C/CCc1ccccc1)C(O)(c1ccccc1)c1ccccc1. The fourth-order valence-corrected chi connectivity index (χ4v) is 2.91. The minimum atomic E-state index is -1.81. The van der Waals surface area contributed by atoms with Crippen molar-refractivity contribution in [2.45, 2.75) is 18.4 Å². The van der Waals surface area contributed by atoms with Gasteiger partial charge in [0.1, 0.15) is 0 Å². The van der Waals surface area contributed by atoms with Gasteiger partial charge in [0.25, 0.3) is 5.91 Å². The van der Waals surface area contributed by atoms with Crippen LogP contribution in [0.25, 0.3) is 0 Å². The monoisotopic (exact) mass is 358 g/mol. The highest BCUT2D eigenvalue weighted by atomic mass is 16.3. The standard InChI is InChI=1S/C23H22N2O2/c26-22(25-24-18-10-13-19-11-4-1-5-12-19)23(27,20-14-6-2-7-15-20)21-16-8-3-9-17-21/h1-9,11-12,14-18,27H,10,13H2,(H,25,26)/b24-18+. The molecule has 0 saturated heterocycles. The van der Waals surface area contributed by atoms with Gasteiger partial charge in [-0.15, -0.1) is 0 Å². The Balaban J connectivity index is 1.71. The fraction of sp³-hybridized carbons (Fsp3) is 0.130. The molecule has 4 heteroatoms. The number of hydrogen-bond donors (Lipinski definition) is 2. The van der Waals surface area contributed by atoms with E-state index in [1.165, 1.54) is 5.56 Å². The number of nitrogens with zero attached hydrogens (tertiary/aromatic N) is 1. The molecular weight excluding hydrogens is 336 g/mol. The average molecular weight is 358 g/mol. The van der Waals surface area contributed by atoms with Crippen LogP contribution >= 0.6 is 0 Å². The number of aryl methyl sites for hydroxylation is 1. The van der Waals surface area contributed by atoms with Crippen molar-refractivity contribution < 1.29 is 9.90 Å². The van der Waals surface area contributed by atoms with Gasteiger partial charge < -0.3 is 5.11 Å². The normalized spacial score (nSPS) is 11.4. The molecule has 0 aromatic heterocycles. The maximum absolute atomic E-state index is 12.8. The molecule has 3 aromatic carbocycles. The molecular formula is C23H22N2O2. The van der Waals surface area contributed by atoms with Crippen molar-refractivity contribution in [3.8, 4) is 0 Å². The van der Waals surface area contributed by atoms with Crippen molar-refractivity contribution in [1.29, 1.82) is 0 Å². The van der Waals surface area contributed by atoms with E-state index in [1.807, 2.05) is 30.3 Å². The van der Waals surface area contributed by atoms with Gasteiger partial charge in [-0.3, -0.25) is 4.79 Å². The van der Waals surface area contributed by atoms with Crippen LogP contribution in [0.1, 0.15) is 23.1 Å². The summed E-state index contributed by atoms with van der Waals surface area (Å²) < 4.78 is 0. The minimum absolute atomic E-state index is 0.494. The lowest BCUT2D eigenvalue weighted by Crippen LogP contribution is -2.43. The predicted molar refractivity (Wildman–Crippen MR) is 107 cm³/mol. The van der Waals surface area contributed by atoms with Crippen LogP contribution in [-0.4, -0.2) is 17.2 Å². The summed E-state index contributed by atoms with van der Waals surface area (Å²) in [4.78, 5) is 12.8. The molecule has 27 heavy (non-hydrogen) atoms. The summed E-state index contributed by atoms with van der Waals surface area (Å²) >= 11 is 0. The Morgan fingerprint density at radius 1 is 0.852 bits per heavy atom. The van der Waals surface area contributed by atoms with Crippen molar-refractivity contribution in [3.63, 3.8) is 0 Å². The zero-order valence-corrected chi connectivity index (χ0v) is 15.0. The van der Waals surface area contributed by atoms with E-state index < -0.39 is 11.5 Å². The molecule has 0 spiro atoms. The lowest BCUT2D eigenvalue weighted by Gasteiger charge is -2.27. The van der Waals surface area contributed by atoms with Gasteiger partial charge in [0.05, 0.1) is 0 Å². The van der Waals surface area contributed by atoms with Gasteiger partial charge in [0.15, 0.2) is 5.60 Å². The molecule has 0 bridgehead atoms. The Bertz CT molecular complexity index is 839. The highest BCUT2D eigenvalue weighted by Crippen LogP contribution is 2.29. The summed E-state index contributed by atoms with van der Waals surface area (Å²) in [7, 11) is 0. The third kappa shape index (κ3) is 4.49. The summed E-state index contributed by atoms with van der Waals surface area (Å²) in [5.74, 6) is -0.587. The summed E-state index contributed by atoms with van der Waals surface area (Å²) in [6.07, 6.45) is 3.18. The first-order chi connectivity index (χ1) is 13.2. The summed E-state index contributed by atoms with van der Waals surface area (Å²) in [6, 6.07) is 27.8. The molecule has 3 rings (SSSR count). The molecule has 0 heterocycles. The number of rotatable bonds is 7. The lowest BCUT2D eigenvalue weighted by molar-refractivity contribution is -0.136. The molecule has 2 N–H and O–H groups in total. The van der Waals surface area contributed by atoms with Gasteiger partial charge in [0, 0.05) is 6.21 Å². The molecule has 0 aliphatic heterocycles. The van der Waals surface area contributed by atoms with Gasteiger partial charge in [-0.05, 0) is 29.5 Å². The van der Waals surface area contributed by atoms with Crippen LogP contribution < -0.4 is 5.43 Å². The van der Waals surface area contributed by atoms with Crippen LogP contribution in [0, 0.1) is 0 Å². The summed E-state index contributed by atoms with van der Waals surface area (Å²) in [5.41, 5.74) is 2.88. The van der Waals surface area contributed by atoms with Gasteiger partial charge in [-0.25, -0.2) is 5.43 Å². The third-order valence-electron chi connectivity index (χ3n) is 4.37. The van der Waals surface area contributed by atoms with E-state index in [4.69, 9.17) is 0 Å². The largest absolute Gasteiger partial charge is 0.372 e. The van der Waals surface area contributed by atoms with Crippen LogP contribution in [0.4, 0.5) is 0 Å². The topological polar surface area (TPSA) is 61.7 Å². The first-order valence-corrected chi connectivity index (χ1v) is 8.90. The Morgan fingerprint density at radius 2 is 1.33 bits per heavy atom. The van der Waals surface area contributed by atoms with Crippen molar-refractivity contribution in [2.75, 3.05) is 0 Å². The maximum atomic E-state index is 12.8. The number of benzene rings is 3. The zero-order chi connectivity index (χ0) is 19.0. The van der Waals surface area contributed by atoms with Gasteiger partial charge in [0.2, 0.25) is 0 Å². The van der Waals surface area contributed by atoms with Gasteiger partial charge in [-0.2, -0.15) is 5.10 Å². The first kappa shape index (κ1) is 18.5. The molecule has 136 valence electrons. The average Bonchev–Trinajstić information content (AvgIpc) is 2.74. The van der Waals surface area contributed by atoms with E-state index in [2.05, 4.69) is 22.7 Å². The number of hydrogen-bond acceptors (Lipinski definition) is 3. The number of carbonyl (C=O) groups is 1. The first-order valence-electron chi connectivity index (χ1n) is 8.90. The van der Waals surface area contributed by atoms with Crippen LogP contribution in [-0.2, 0) is 16.8 Å². The highest BCUT2D eigenvalue weighted by molar-refractivity contribution is 5.90. The van der Waals surface area contributed by atoms with E-state index in [0.717, 1.165) is 6.42 Å². The van der Waals surface area contributed by atoms with Gasteiger partial charge in [-0.1, -0.05) is 91.0 Å². The van der Waals surface area contributed by atoms with Crippen molar-refractivity contribution in [1.82, 2.24) is 5.43 Å². The second-order valence-electron chi connectivity index (χ2n) is 6.22. The van der Waals surface area contributed by atoms with E-state index in [1.54, 1.807) is 54.7 Å². The van der Waals surface area contributed by atoms with Crippen LogP contribution in [0.5, 0.6) is 0 Å². The Morgan fingerprint density at radius 3 is 1.85 bits per heavy atom. The van der Waals surface area contributed by atoms with Crippen LogP contribution in [0.3, 0.4) is 0 Å². The van der Waals surface area contributed by atoms with E-state index >= 15 is 0 Å². The quantitative estimate of drug-likeness (QED) is 0.500. The highest BCUT2D eigenvalue weighted by Gasteiger charge is 2.39. The summed E-state index contributed by atoms with van der Waals surface area (Å²) in [5, 5.41) is 15.3. The molecule has 0 saturated carbocycles. The predicted octanol–water partition coefficient (Wildman–Crippen LogP) is 3.66. The van der Waals surface area contributed by atoms with Gasteiger partial charge >= 0.3 is 0 Å². The number of aliphatic hydroxyl groups is 1. The van der Waals surface area contributed by atoms with Crippen molar-refractivity contribution >= 4 is 12.1 Å². The number of carbonyl (C=O) groups excluding carboxylic acids is 1. The van der Waals surface area contributed by atoms with E-state index in [-0.39, 0.29) is 0 Å². The number of amides is 1. The lowest BCUT2D eigenvalue weighted by atomic mass is 9.85. The molecule has 4 nitrogen and oxygen atoms in total. The molecule has 0 atom stereocenters. The zero-order valence-electron chi connectivity index (χ0n) is 15.0. The number of hydrazone groups is 1. The molecule has 0 unspecified atom stereocenters. The maximum Gasteiger partial charge on any atom is 0.281 e. The molecule has 0 radical (unpaired) electrons. The number of nitrogens with one attached hydrogen (secondary N) is 1. The Hall–Kier alpha value is -3.24. The molecule has 0 aliphatic carbocycles. The molecule has 1 amide bonds. The Kier molecular flexibility index (Phi) is 6.13. The molecule has 3 aromatic rings. The fourth-order valence-electron chi connectivity index (χ4n) is 2.91. The smallest absolute Gasteiger partial charge is 0.281 e. The van der Waals surface area contributed by atoms with E-state index in [9.17, 15) is 9.90 Å².